The SMILES string of the molecule is CCCN(CCCCCCNCCc1ccc(O)c(O)c1)C1COc2c(ccc(O)c2O)C1. The van der Waals surface area contributed by atoms with Gasteiger partial charge < -0.3 is 30.5 Å². The van der Waals surface area contributed by atoms with Gasteiger partial charge in [0, 0.05) is 6.04 Å². The highest BCUT2D eigenvalue weighted by Crippen LogP contribution is 2.41. The van der Waals surface area contributed by atoms with Gasteiger partial charge in [0.15, 0.2) is 23.0 Å². The third-order valence-electron chi connectivity index (χ3n) is 6.27. The molecule has 182 valence electrons. The zero-order valence-corrected chi connectivity index (χ0v) is 19.6. The van der Waals surface area contributed by atoms with E-state index in [1.807, 2.05) is 12.1 Å². The Morgan fingerprint density at radius 2 is 1.70 bits per heavy atom. The smallest absolute Gasteiger partial charge is 0.200 e. The standard InChI is InChI=1S/C26H38N2O5/c1-2-14-28(21-17-20-8-10-23(30)25(32)26(20)33-18-21)15-6-4-3-5-12-27-13-11-19-7-9-22(29)24(31)16-19/h7-10,16,21,27,29-32H,2-6,11-15,17-18H2,1H3. The lowest BCUT2D eigenvalue weighted by atomic mass is 10.00. The minimum absolute atomic E-state index is 0.0638. The molecule has 1 unspecified atom stereocenters. The van der Waals surface area contributed by atoms with E-state index in [-0.39, 0.29) is 23.0 Å². The van der Waals surface area contributed by atoms with Gasteiger partial charge in [-0.05, 0) is 87.6 Å². The van der Waals surface area contributed by atoms with E-state index in [0.29, 0.717) is 18.4 Å². The van der Waals surface area contributed by atoms with Crippen LogP contribution in [0.25, 0.3) is 0 Å². The average molecular weight is 459 g/mol. The van der Waals surface area contributed by atoms with Gasteiger partial charge in [0.1, 0.15) is 6.61 Å². The van der Waals surface area contributed by atoms with Crippen molar-refractivity contribution in [3.63, 3.8) is 0 Å². The highest BCUT2D eigenvalue weighted by Gasteiger charge is 2.27. The highest BCUT2D eigenvalue weighted by molar-refractivity contribution is 5.55. The number of hydrogen-bond acceptors (Lipinski definition) is 7. The maximum atomic E-state index is 10.0. The van der Waals surface area contributed by atoms with E-state index in [2.05, 4.69) is 17.1 Å². The van der Waals surface area contributed by atoms with Crippen molar-refractivity contribution in [2.24, 2.45) is 0 Å². The summed E-state index contributed by atoms with van der Waals surface area (Å²) in [7, 11) is 0. The maximum Gasteiger partial charge on any atom is 0.200 e. The first-order valence-corrected chi connectivity index (χ1v) is 12.1. The molecule has 0 spiro atoms. The third kappa shape index (κ3) is 7.17. The van der Waals surface area contributed by atoms with Crippen molar-refractivity contribution >= 4 is 0 Å². The van der Waals surface area contributed by atoms with Gasteiger partial charge in [-0.15, -0.1) is 0 Å². The van der Waals surface area contributed by atoms with E-state index < -0.39 is 0 Å². The van der Waals surface area contributed by atoms with Crippen molar-refractivity contribution in [2.45, 2.75) is 57.9 Å². The Bertz CT molecular complexity index is 889. The van der Waals surface area contributed by atoms with Gasteiger partial charge in [-0.1, -0.05) is 31.9 Å². The summed E-state index contributed by atoms with van der Waals surface area (Å²) in [6.45, 7) is 6.63. The highest BCUT2D eigenvalue weighted by atomic mass is 16.5. The van der Waals surface area contributed by atoms with E-state index in [4.69, 9.17) is 4.74 Å². The van der Waals surface area contributed by atoms with Crippen LogP contribution < -0.4 is 10.1 Å². The van der Waals surface area contributed by atoms with Crippen molar-refractivity contribution in [3.05, 3.63) is 41.5 Å². The Labute approximate surface area is 196 Å². The van der Waals surface area contributed by atoms with Crippen LogP contribution in [-0.2, 0) is 12.8 Å². The fraction of sp³-hybridized carbons (Fsp3) is 0.538. The number of rotatable bonds is 13. The largest absolute Gasteiger partial charge is 0.504 e. The van der Waals surface area contributed by atoms with Crippen LogP contribution in [0, 0.1) is 0 Å². The summed E-state index contributed by atoms with van der Waals surface area (Å²) in [5.41, 5.74) is 1.96. The van der Waals surface area contributed by atoms with E-state index in [1.54, 1.807) is 6.07 Å². The molecule has 1 aliphatic rings. The Morgan fingerprint density at radius 1 is 0.909 bits per heavy atom. The van der Waals surface area contributed by atoms with Crippen LogP contribution in [-0.4, -0.2) is 64.2 Å². The molecule has 0 aromatic heterocycles. The summed E-state index contributed by atoms with van der Waals surface area (Å²) in [5, 5.41) is 42.0. The van der Waals surface area contributed by atoms with Crippen molar-refractivity contribution in [1.82, 2.24) is 10.2 Å². The molecule has 1 atom stereocenters. The maximum absolute atomic E-state index is 10.0. The quantitative estimate of drug-likeness (QED) is 0.229. The number of benzene rings is 2. The molecule has 0 radical (unpaired) electrons. The third-order valence-corrected chi connectivity index (χ3v) is 6.27. The molecule has 0 aliphatic carbocycles. The molecule has 0 bridgehead atoms. The first kappa shape index (κ1) is 25.0. The topological polar surface area (TPSA) is 105 Å². The molecule has 3 rings (SSSR count). The number of ether oxygens (including phenoxy) is 1. The molecule has 0 saturated carbocycles. The van der Waals surface area contributed by atoms with Gasteiger partial charge in [-0.2, -0.15) is 0 Å². The van der Waals surface area contributed by atoms with Crippen molar-refractivity contribution in [3.8, 4) is 28.7 Å². The minimum Gasteiger partial charge on any atom is -0.504 e. The van der Waals surface area contributed by atoms with Crippen LogP contribution in [0.5, 0.6) is 28.7 Å². The number of fused-ring (bicyclic) bond motifs is 1. The molecule has 1 aliphatic heterocycles. The van der Waals surface area contributed by atoms with Crippen LogP contribution in [0.1, 0.15) is 50.2 Å². The molecular weight excluding hydrogens is 420 g/mol. The number of hydrogen-bond donors (Lipinski definition) is 5. The van der Waals surface area contributed by atoms with Gasteiger partial charge in [-0.25, -0.2) is 0 Å². The second-order valence-corrected chi connectivity index (χ2v) is 8.86. The summed E-state index contributed by atoms with van der Waals surface area (Å²) in [5.74, 6) is 0.00247. The molecule has 2 aromatic carbocycles. The molecule has 7 heteroatoms. The lowest BCUT2D eigenvalue weighted by Gasteiger charge is -2.35. The summed E-state index contributed by atoms with van der Waals surface area (Å²) in [6.07, 6.45) is 7.40. The Morgan fingerprint density at radius 3 is 2.48 bits per heavy atom. The molecule has 33 heavy (non-hydrogen) atoms. The number of nitrogens with zero attached hydrogens (tertiary/aromatic N) is 1. The summed E-state index contributed by atoms with van der Waals surface area (Å²) < 4.78 is 5.82. The second-order valence-electron chi connectivity index (χ2n) is 8.86. The van der Waals surface area contributed by atoms with Crippen LogP contribution in [0.4, 0.5) is 0 Å². The summed E-state index contributed by atoms with van der Waals surface area (Å²) >= 11 is 0. The normalized spacial score (nSPS) is 15.4. The van der Waals surface area contributed by atoms with Gasteiger partial charge in [0.05, 0.1) is 0 Å². The molecule has 0 amide bonds. The van der Waals surface area contributed by atoms with Crippen molar-refractivity contribution in [2.75, 3.05) is 32.8 Å². The predicted octanol–water partition coefficient (Wildman–Crippen LogP) is 3.92. The second kappa shape index (κ2) is 12.6. The van der Waals surface area contributed by atoms with Gasteiger partial charge in [0.25, 0.3) is 0 Å². The van der Waals surface area contributed by atoms with Crippen LogP contribution in [0.2, 0.25) is 0 Å². The van der Waals surface area contributed by atoms with Crippen LogP contribution in [0.15, 0.2) is 30.3 Å². The van der Waals surface area contributed by atoms with E-state index in [0.717, 1.165) is 69.4 Å². The van der Waals surface area contributed by atoms with E-state index in [1.165, 1.54) is 25.0 Å². The zero-order chi connectivity index (χ0) is 23.6. The van der Waals surface area contributed by atoms with Crippen LogP contribution >= 0.6 is 0 Å². The number of phenolic OH excluding ortho intramolecular Hbond substituents is 4. The van der Waals surface area contributed by atoms with Gasteiger partial charge in [-0.3, -0.25) is 4.90 Å². The monoisotopic (exact) mass is 458 g/mol. The van der Waals surface area contributed by atoms with Crippen molar-refractivity contribution < 1.29 is 25.2 Å². The zero-order valence-electron chi connectivity index (χ0n) is 19.6. The molecule has 2 aromatic rings. The average Bonchev–Trinajstić information content (AvgIpc) is 2.81. The molecule has 1 heterocycles. The summed E-state index contributed by atoms with van der Waals surface area (Å²) in [4.78, 5) is 2.50. The first-order chi connectivity index (χ1) is 16.0. The number of aromatic hydroxyl groups is 4. The lowest BCUT2D eigenvalue weighted by molar-refractivity contribution is 0.114. The van der Waals surface area contributed by atoms with Crippen LogP contribution in [0.3, 0.4) is 0 Å². The fourth-order valence-electron chi connectivity index (χ4n) is 4.42. The Balaban J connectivity index is 1.30. The minimum atomic E-state index is -0.150. The Hall–Kier alpha value is -2.64. The molecule has 7 nitrogen and oxygen atoms in total. The molecule has 5 N–H and O–H groups in total. The lowest BCUT2D eigenvalue weighted by Crippen LogP contribution is -2.44. The number of unbranched alkanes of at least 4 members (excludes halogenated alkanes) is 3. The van der Waals surface area contributed by atoms with E-state index in [9.17, 15) is 20.4 Å². The van der Waals surface area contributed by atoms with Gasteiger partial charge >= 0.3 is 0 Å². The first-order valence-electron chi connectivity index (χ1n) is 12.1. The molecular formula is C26H38N2O5. The van der Waals surface area contributed by atoms with E-state index >= 15 is 0 Å². The molecule has 0 fully saturated rings. The van der Waals surface area contributed by atoms with Crippen molar-refractivity contribution in [1.29, 1.82) is 0 Å². The predicted molar refractivity (Wildman–Crippen MR) is 129 cm³/mol. The molecule has 0 saturated heterocycles. The van der Waals surface area contributed by atoms with Gasteiger partial charge in [0.2, 0.25) is 5.75 Å². The number of nitrogens with one attached hydrogen (secondary N) is 1. The summed E-state index contributed by atoms with van der Waals surface area (Å²) in [6, 6.07) is 8.65. The Kier molecular flexibility index (Phi) is 9.51. The number of phenols is 4. The fourth-order valence-corrected chi connectivity index (χ4v) is 4.42.